The van der Waals surface area contributed by atoms with E-state index in [1.807, 2.05) is 0 Å². The molecule has 0 unspecified atom stereocenters. The monoisotopic (exact) mass is 518 g/mol. The largest absolute Gasteiger partial charge is 0.454 e. The van der Waals surface area contributed by atoms with Gasteiger partial charge in [0.2, 0.25) is 0 Å². The molecule has 0 aliphatic heterocycles. The molecule has 0 N–H and O–H groups in total. The van der Waals surface area contributed by atoms with Gasteiger partial charge in [0, 0.05) is 23.8 Å². The molecule has 0 atom stereocenters. The summed E-state index contributed by atoms with van der Waals surface area (Å²) in [7, 11) is 0. The van der Waals surface area contributed by atoms with E-state index in [2.05, 4.69) is 11.7 Å². The molecule has 9 heteroatoms. The summed E-state index contributed by atoms with van der Waals surface area (Å²) in [5.74, 6) is -8.18. The van der Waals surface area contributed by atoms with Gasteiger partial charge in [-0.15, -0.1) is 0 Å². The topological polar surface area (TPSA) is 18.5 Å². The number of ether oxygens (including phenoxy) is 2. The van der Waals surface area contributed by atoms with Crippen molar-refractivity contribution in [3.05, 3.63) is 52.8 Å². The fourth-order valence-electron chi connectivity index (χ4n) is 5.93. The van der Waals surface area contributed by atoms with Gasteiger partial charge < -0.3 is 9.47 Å². The lowest BCUT2D eigenvalue weighted by Crippen LogP contribution is -2.25. The Labute approximate surface area is 205 Å². The van der Waals surface area contributed by atoms with E-state index in [0.717, 1.165) is 31.6 Å². The zero-order valence-corrected chi connectivity index (χ0v) is 19.9. The summed E-state index contributed by atoms with van der Waals surface area (Å²) >= 11 is 0. The zero-order valence-electron chi connectivity index (χ0n) is 19.9. The third kappa shape index (κ3) is 5.75. The summed E-state index contributed by atoms with van der Waals surface area (Å²) < 4.78 is 106. The standard InChI is InChI=1S/C27H29F7O2/c1-2-14-3-5-15(6-4-14)16-7-9-17(10-8-16)23-24(32)19(28)13-22(31)26(23)35-18-11-20(29)25(21(30)12-18)36-27(33)34/h11-17,27H,2-10H2,1H3. The van der Waals surface area contributed by atoms with Crippen LogP contribution < -0.4 is 9.47 Å². The number of hydrogen-bond acceptors (Lipinski definition) is 2. The first-order valence-electron chi connectivity index (χ1n) is 12.5. The highest BCUT2D eigenvalue weighted by atomic mass is 19.3. The van der Waals surface area contributed by atoms with Gasteiger partial charge in [0.1, 0.15) is 5.75 Å². The molecule has 4 rings (SSSR count). The van der Waals surface area contributed by atoms with Crippen LogP contribution in [-0.4, -0.2) is 6.61 Å². The highest BCUT2D eigenvalue weighted by molar-refractivity contribution is 5.44. The van der Waals surface area contributed by atoms with Crippen molar-refractivity contribution in [3.8, 4) is 17.2 Å². The van der Waals surface area contributed by atoms with Crippen LogP contribution in [0.15, 0.2) is 18.2 Å². The lowest BCUT2D eigenvalue weighted by atomic mass is 9.68. The van der Waals surface area contributed by atoms with Gasteiger partial charge in [-0.3, -0.25) is 0 Å². The summed E-state index contributed by atoms with van der Waals surface area (Å²) in [5.41, 5.74) is -0.311. The Bertz CT molecular complexity index is 1040. The molecule has 0 bridgehead atoms. The molecule has 36 heavy (non-hydrogen) atoms. The Hall–Kier alpha value is -2.45. The molecule has 0 spiro atoms. The molecular formula is C27H29F7O2. The maximum absolute atomic E-state index is 15.0. The lowest BCUT2D eigenvalue weighted by Gasteiger charge is -2.38. The summed E-state index contributed by atoms with van der Waals surface area (Å²) in [6.45, 7) is -1.26. The van der Waals surface area contributed by atoms with Crippen LogP contribution in [0.5, 0.6) is 17.2 Å². The van der Waals surface area contributed by atoms with Gasteiger partial charge in [-0.2, -0.15) is 8.78 Å². The van der Waals surface area contributed by atoms with Crippen LogP contribution in [0.25, 0.3) is 0 Å². The molecule has 2 nitrogen and oxygen atoms in total. The number of benzene rings is 2. The second-order valence-corrected chi connectivity index (χ2v) is 9.89. The van der Waals surface area contributed by atoms with Gasteiger partial charge in [0.05, 0.1) is 0 Å². The van der Waals surface area contributed by atoms with Gasteiger partial charge >= 0.3 is 6.61 Å². The van der Waals surface area contributed by atoms with Crippen LogP contribution in [0, 0.1) is 46.8 Å². The van der Waals surface area contributed by atoms with Crippen molar-refractivity contribution in [2.45, 2.75) is 77.2 Å². The molecule has 0 saturated heterocycles. The van der Waals surface area contributed by atoms with Crippen LogP contribution in [0.4, 0.5) is 30.7 Å². The van der Waals surface area contributed by atoms with Crippen LogP contribution in [0.3, 0.4) is 0 Å². The van der Waals surface area contributed by atoms with E-state index in [0.29, 0.717) is 42.9 Å². The van der Waals surface area contributed by atoms with E-state index in [-0.39, 0.29) is 5.56 Å². The Morgan fingerprint density at radius 1 is 0.722 bits per heavy atom. The van der Waals surface area contributed by atoms with E-state index < -0.39 is 58.9 Å². The minimum Gasteiger partial charge on any atom is -0.454 e. The van der Waals surface area contributed by atoms with E-state index in [4.69, 9.17) is 4.74 Å². The fraction of sp³-hybridized carbons (Fsp3) is 0.556. The van der Waals surface area contributed by atoms with Gasteiger partial charge in [0.15, 0.2) is 40.6 Å². The zero-order chi connectivity index (χ0) is 26.0. The van der Waals surface area contributed by atoms with E-state index in [9.17, 15) is 30.7 Å². The van der Waals surface area contributed by atoms with Gasteiger partial charge in [0.25, 0.3) is 0 Å². The first-order valence-corrected chi connectivity index (χ1v) is 12.5. The third-order valence-corrected chi connectivity index (χ3v) is 7.88. The Morgan fingerprint density at radius 2 is 1.25 bits per heavy atom. The van der Waals surface area contributed by atoms with Crippen LogP contribution in [0.1, 0.15) is 76.2 Å². The third-order valence-electron chi connectivity index (χ3n) is 7.88. The van der Waals surface area contributed by atoms with Crippen molar-refractivity contribution in [1.29, 1.82) is 0 Å². The van der Waals surface area contributed by atoms with E-state index in [1.165, 1.54) is 19.3 Å². The van der Waals surface area contributed by atoms with Gasteiger partial charge in [-0.25, -0.2) is 22.0 Å². The molecule has 0 aromatic heterocycles. The molecule has 2 aliphatic rings. The normalized spacial score (nSPS) is 24.7. The molecule has 0 heterocycles. The van der Waals surface area contributed by atoms with Crippen molar-refractivity contribution in [2.24, 2.45) is 17.8 Å². The highest BCUT2D eigenvalue weighted by Gasteiger charge is 2.35. The Morgan fingerprint density at radius 3 is 1.78 bits per heavy atom. The fourth-order valence-corrected chi connectivity index (χ4v) is 5.93. The van der Waals surface area contributed by atoms with Crippen molar-refractivity contribution < 1.29 is 40.2 Å². The summed E-state index contributed by atoms with van der Waals surface area (Å²) in [5, 5.41) is 0. The van der Waals surface area contributed by atoms with E-state index >= 15 is 0 Å². The number of alkyl halides is 2. The first kappa shape index (κ1) is 26.6. The maximum atomic E-state index is 15.0. The predicted octanol–water partition coefficient (Wildman–Crippen LogP) is 9.27. The molecule has 2 aromatic rings. The number of rotatable bonds is 7. The van der Waals surface area contributed by atoms with Crippen molar-refractivity contribution >= 4 is 0 Å². The second-order valence-electron chi connectivity index (χ2n) is 9.89. The predicted molar refractivity (Wildman–Crippen MR) is 120 cm³/mol. The average Bonchev–Trinajstić information content (AvgIpc) is 2.85. The Kier molecular flexibility index (Phi) is 8.35. The molecule has 2 fully saturated rings. The van der Waals surface area contributed by atoms with Crippen LogP contribution in [0.2, 0.25) is 0 Å². The van der Waals surface area contributed by atoms with Crippen LogP contribution in [-0.2, 0) is 0 Å². The summed E-state index contributed by atoms with van der Waals surface area (Å²) in [4.78, 5) is 0. The SMILES string of the molecule is CCC1CCC(C2CCC(c3c(F)c(F)cc(F)c3Oc3cc(F)c(OC(F)F)c(F)c3)CC2)CC1. The molecule has 0 radical (unpaired) electrons. The minimum absolute atomic E-state index is 0.311. The molecule has 2 aliphatic carbocycles. The second kappa shape index (κ2) is 11.3. The Balaban J connectivity index is 1.54. The molecular weight excluding hydrogens is 489 g/mol. The van der Waals surface area contributed by atoms with Crippen molar-refractivity contribution in [3.63, 3.8) is 0 Å². The van der Waals surface area contributed by atoms with Crippen molar-refractivity contribution in [2.75, 3.05) is 0 Å². The van der Waals surface area contributed by atoms with Gasteiger partial charge in [-0.1, -0.05) is 26.2 Å². The summed E-state index contributed by atoms with van der Waals surface area (Å²) in [6.07, 6.45) is 8.48. The van der Waals surface area contributed by atoms with Crippen molar-refractivity contribution in [1.82, 2.24) is 0 Å². The molecule has 2 aromatic carbocycles. The van der Waals surface area contributed by atoms with Gasteiger partial charge in [-0.05, 0) is 62.2 Å². The lowest BCUT2D eigenvalue weighted by molar-refractivity contribution is -0.0547. The average molecular weight is 519 g/mol. The van der Waals surface area contributed by atoms with E-state index in [1.54, 1.807) is 0 Å². The first-order chi connectivity index (χ1) is 17.2. The van der Waals surface area contributed by atoms with Crippen LogP contribution >= 0.6 is 0 Å². The number of halogens is 7. The maximum Gasteiger partial charge on any atom is 0.387 e. The minimum atomic E-state index is -3.46. The quantitative estimate of drug-likeness (QED) is 0.269. The molecule has 198 valence electrons. The number of hydrogen-bond donors (Lipinski definition) is 0. The molecule has 0 amide bonds. The highest BCUT2D eigenvalue weighted by Crippen LogP contribution is 2.48. The summed E-state index contributed by atoms with van der Waals surface area (Å²) in [6, 6.07) is 1.36. The smallest absolute Gasteiger partial charge is 0.387 e. The molecule has 2 saturated carbocycles.